The van der Waals surface area contributed by atoms with E-state index in [9.17, 15) is 0 Å². The van der Waals surface area contributed by atoms with E-state index >= 15 is 0 Å². The lowest BCUT2D eigenvalue weighted by atomic mass is 9.36. The average molecular weight is 917 g/mol. The van der Waals surface area contributed by atoms with Crippen LogP contribution in [0.4, 0.5) is 17.1 Å². The molecule has 4 aromatic heterocycles. The highest BCUT2D eigenvalue weighted by Gasteiger charge is 2.45. The van der Waals surface area contributed by atoms with Crippen LogP contribution in [0.2, 0.25) is 0 Å². The molecule has 9 aromatic carbocycles. The Morgan fingerprint density at radius 3 is 1.69 bits per heavy atom. The van der Waals surface area contributed by atoms with Crippen molar-refractivity contribution in [2.45, 2.75) is 52.4 Å². The minimum absolute atomic E-state index is 0.00875. The Morgan fingerprint density at radius 1 is 0.400 bits per heavy atom. The Bertz CT molecular complexity index is 4320. The van der Waals surface area contributed by atoms with E-state index in [2.05, 4.69) is 248 Å². The van der Waals surface area contributed by atoms with Crippen molar-refractivity contribution in [3.8, 4) is 17.1 Å². The zero-order chi connectivity index (χ0) is 46.9. The molecule has 0 radical (unpaired) electrons. The minimum Gasteiger partial charge on any atom is -0.310 e. The van der Waals surface area contributed by atoms with Crippen LogP contribution in [-0.4, -0.2) is 20.4 Å². The fourth-order valence-corrected chi connectivity index (χ4v) is 13.8. The number of fused-ring (bicyclic) bond motifs is 16. The number of anilines is 3. The molecule has 13 aromatic rings. The lowest BCUT2D eigenvalue weighted by Gasteiger charge is -2.39. The van der Waals surface area contributed by atoms with Crippen LogP contribution < -0.4 is 20.6 Å². The Hall–Kier alpha value is -7.80. The number of rotatable bonds is 3. The molecule has 2 aliphatic heterocycles. The molecule has 6 heterocycles. The monoisotopic (exact) mass is 916 g/mol. The largest absolute Gasteiger partial charge is 0.310 e. The summed E-state index contributed by atoms with van der Waals surface area (Å²) in [5.74, 6) is 0. The van der Waals surface area contributed by atoms with Gasteiger partial charge < -0.3 is 18.6 Å². The Kier molecular flexibility index (Phi) is 7.98. The highest BCUT2D eigenvalue weighted by atomic mass is 32.1. The molecule has 6 heteroatoms. The molecular formula is C64H49BN4S. The number of aromatic nitrogens is 3. The summed E-state index contributed by atoms with van der Waals surface area (Å²) >= 11 is 1.98. The number of hydrogen-bond donors (Lipinski definition) is 0. The standard InChI is InChI=1S/C64H49BN4S/c1-63(2,3)38-27-30-41(31-28-38)68-54-36-42(67-50-24-13-10-19-43(50)44-20-11-14-25-51(44)67)37-55-58(54)65(62-61(68)48-35-39(64(4,5)6)29-34-56(48)70-62)49-23-16-22-45-46-32-33-53-57(60(46)69(55)59(45)49)47-21-12-15-26-52(47)66(53)40-17-8-7-9-18-40/h7-37H,1-6H3. The third-order valence-electron chi connectivity index (χ3n) is 15.7. The van der Waals surface area contributed by atoms with Crippen molar-refractivity contribution in [2.24, 2.45) is 0 Å². The molecule has 0 amide bonds. The molecule has 0 bridgehead atoms. The van der Waals surface area contributed by atoms with Crippen LogP contribution in [0.15, 0.2) is 188 Å². The molecule has 0 aliphatic carbocycles. The summed E-state index contributed by atoms with van der Waals surface area (Å²) in [5.41, 5.74) is 20.0. The van der Waals surface area contributed by atoms with Gasteiger partial charge in [-0.3, -0.25) is 0 Å². The van der Waals surface area contributed by atoms with E-state index in [1.54, 1.807) is 0 Å². The zero-order valence-electron chi connectivity index (χ0n) is 40.2. The average Bonchev–Trinajstić information content (AvgIpc) is 4.12. The Morgan fingerprint density at radius 2 is 0.986 bits per heavy atom. The van der Waals surface area contributed by atoms with Gasteiger partial charge in [0.05, 0.1) is 39.0 Å². The maximum atomic E-state index is 2.69. The van der Waals surface area contributed by atoms with Gasteiger partial charge in [-0.05, 0) is 106 Å². The van der Waals surface area contributed by atoms with Gasteiger partial charge in [0, 0.05) is 75.4 Å². The maximum Gasteiger partial charge on any atom is 0.264 e. The summed E-state index contributed by atoms with van der Waals surface area (Å²) in [6.45, 7) is 14.0. The fourth-order valence-electron chi connectivity index (χ4n) is 12.5. The van der Waals surface area contributed by atoms with E-state index in [4.69, 9.17) is 0 Å². The van der Waals surface area contributed by atoms with Gasteiger partial charge in [0.1, 0.15) is 0 Å². The molecule has 0 unspecified atom stereocenters. The molecule has 334 valence electrons. The minimum atomic E-state index is -0.0159. The topological polar surface area (TPSA) is 18.0 Å². The molecule has 15 rings (SSSR count). The van der Waals surface area contributed by atoms with Crippen molar-refractivity contribution in [1.82, 2.24) is 13.7 Å². The molecule has 0 spiro atoms. The molecule has 4 nitrogen and oxygen atoms in total. The first-order chi connectivity index (χ1) is 34.0. The van der Waals surface area contributed by atoms with Gasteiger partial charge in [0.2, 0.25) is 0 Å². The lowest BCUT2D eigenvalue weighted by Crippen LogP contribution is -2.59. The third-order valence-corrected chi connectivity index (χ3v) is 16.9. The number of para-hydroxylation sites is 5. The molecule has 0 saturated carbocycles. The maximum absolute atomic E-state index is 2.69. The Labute approximate surface area is 411 Å². The van der Waals surface area contributed by atoms with Gasteiger partial charge in [0.15, 0.2) is 0 Å². The zero-order valence-corrected chi connectivity index (χ0v) is 41.0. The first kappa shape index (κ1) is 40.1. The predicted molar refractivity (Wildman–Crippen MR) is 302 cm³/mol. The highest BCUT2D eigenvalue weighted by molar-refractivity contribution is 7.33. The van der Waals surface area contributed by atoms with E-state index in [1.807, 2.05) is 11.3 Å². The summed E-state index contributed by atoms with van der Waals surface area (Å²) in [4.78, 5) is 2.65. The van der Waals surface area contributed by atoms with Gasteiger partial charge >= 0.3 is 0 Å². The molecule has 70 heavy (non-hydrogen) atoms. The van der Waals surface area contributed by atoms with Crippen molar-refractivity contribution in [3.63, 3.8) is 0 Å². The van der Waals surface area contributed by atoms with E-state index in [0.29, 0.717) is 0 Å². The van der Waals surface area contributed by atoms with Crippen molar-refractivity contribution >= 4 is 126 Å². The summed E-state index contributed by atoms with van der Waals surface area (Å²) < 4.78 is 10.4. The first-order valence-electron chi connectivity index (χ1n) is 24.7. The van der Waals surface area contributed by atoms with Crippen molar-refractivity contribution in [2.75, 3.05) is 4.90 Å². The van der Waals surface area contributed by atoms with Crippen LogP contribution in [0.3, 0.4) is 0 Å². The normalized spacial score (nSPS) is 13.5. The molecular weight excluding hydrogens is 868 g/mol. The SMILES string of the molecule is CC(C)(C)c1ccc(N2c3cc(-n4c5ccccc5c5ccccc54)cc4c3B(c3sc5ccc(C(C)(C)C)cc5c32)c2cccc3c5ccc6c(c7ccccc7n6-c6ccccc6)c5n-4c23)cc1. The van der Waals surface area contributed by atoms with Crippen molar-refractivity contribution in [3.05, 3.63) is 199 Å². The molecule has 0 atom stereocenters. The number of thiophene rings is 1. The van der Waals surface area contributed by atoms with Crippen LogP contribution in [0.1, 0.15) is 52.7 Å². The lowest BCUT2D eigenvalue weighted by molar-refractivity contribution is 0.590. The van der Waals surface area contributed by atoms with Crippen LogP contribution >= 0.6 is 11.3 Å². The smallest absolute Gasteiger partial charge is 0.264 e. The molecule has 0 fully saturated rings. The predicted octanol–water partition coefficient (Wildman–Crippen LogP) is 15.4. The van der Waals surface area contributed by atoms with Crippen LogP contribution in [-0.2, 0) is 10.8 Å². The van der Waals surface area contributed by atoms with Crippen LogP contribution in [0.25, 0.3) is 92.6 Å². The second-order valence-electron chi connectivity index (χ2n) is 21.7. The summed E-state index contributed by atoms with van der Waals surface area (Å²) in [6.07, 6.45) is 0. The van der Waals surface area contributed by atoms with Gasteiger partial charge in [-0.1, -0.05) is 157 Å². The van der Waals surface area contributed by atoms with E-state index in [-0.39, 0.29) is 17.5 Å². The van der Waals surface area contributed by atoms with E-state index in [1.165, 1.54) is 125 Å². The number of benzene rings is 9. The van der Waals surface area contributed by atoms with Crippen LogP contribution in [0.5, 0.6) is 0 Å². The third kappa shape index (κ3) is 5.32. The second kappa shape index (κ2) is 13.9. The van der Waals surface area contributed by atoms with Crippen molar-refractivity contribution < 1.29 is 0 Å². The number of nitrogens with zero attached hydrogens (tertiary/aromatic N) is 4. The van der Waals surface area contributed by atoms with Gasteiger partial charge in [-0.25, -0.2) is 0 Å². The number of hydrogen-bond acceptors (Lipinski definition) is 2. The van der Waals surface area contributed by atoms with Crippen molar-refractivity contribution in [1.29, 1.82) is 0 Å². The quantitative estimate of drug-likeness (QED) is 0.162. The van der Waals surface area contributed by atoms with Gasteiger partial charge in [-0.15, -0.1) is 11.3 Å². The summed E-state index contributed by atoms with van der Waals surface area (Å²) in [6, 6.07) is 71.5. The van der Waals surface area contributed by atoms with E-state index < -0.39 is 0 Å². The van der Waals surface area contributed by atoms with E-state index in [0.717, 1.165) is 11.4 Å². The molecule has 0 N–H and O–H groups in total. The summed E-state index contributed by atoms with van der Waals surface area (Å²) in [5, 5.41) is 8.92. The Balaban J connectivity index is 1.15. The van der Waals surface area contributed by atoms with Gasteiger partial charge in [0.25, 0.3) is 6.71 Å². The summed E-state index contributed by atoms with van der Waals surface area (Å²) in [7, 11) is 0. The van der Waals surface area contributed by atoms with Crippen LogP contribution in [0, 0.1) is 0 Å². The van der Waals surface area contributed by atoms with Gasteiger partial charge in [-0.2, -0.15) is 0 Å². The molecule has 2 aliphatic rings. The highest BCUT2D eigenvalue weighted by Crippen LogP contribution is 2.50. The second-order valence-corrected chi connectivity index (χ2v) is 22.8. The fraction of sp³-hybridized carbons (Fsp3) is 0.125. The molecule has 0 saturated heterocycles. The first-order valence-corrected chi connectivity index (χ1v) is 25.5.